The van der Waals surface area contributed by atoms with Gasteiger partial charge in [0, 0.05) is 0 Å². The standard InChI is InChI=1S/C32H56/c1-2-30-31-21-20-28(25-14-8-4-9-15-25)22-27(24-12-6-3-7-13-24)18-19-29(31)23-32(30)26-16-10-5-11-17-26/h24-32H,2-23H2,1H3. The highest BCUT2D eigenvalue weighted by atomic mass is 14.5. The van der Waals surface area contributed by atoms with Crippen molar-refractivity contribution in [2.75, 3.05) is 0 Å². The van der Waals surface area contributed by atoms with Crippen LogP contribution in [0.3, 0.4) is 0 Å². The van der Waals surface area contributed by atoms with Crippen molar-refractivity contribution in [1.82, 2.24) is 0 Å². The molecular weight excluding hydrogens is 384 g/mol. The van der Waals surface area contributed by atoms with E-state index in [2.05, 4.69) is 6.92 Å². The second-order valence-corrected chi connectivity index (χ2v) is 13.5. The van der Waals surface area contributed by atoms with Crippen LogP contribution in [0.1, 0.15) is 148 Å². The lowest BCUT2D eigenvalue weighted by Gasteiger charge is -2.37. The first kappa shape index (κ1) is 23.7. The quantitative estimate of drug-likeness (QED) is 0.408. The Labute approximate surface area is 201 Å². The number of fused-ring (bicyclic) bond motifs is 1. The second-order valence-electron chi connectivity index (χ2n) is 13.5. The van der Waals surface area contributed by atoms with Crippen LogP contribution in [-0.4, -0.2) is 0 Å². The third-order valence-electron chi connectivity index (χ3n) is 12.0. The van der Waals surface area contributed by atoms with Gasteiger partial charge in [-0.25, -0.2) is 0 Å². The molecule has 0 aromatic heterocycles. The molecule has 0 nitrogen and oxygen atoms in total. The summed E-state index contributed by atoms with van der Waals surface area (Å²) in [6.07, 6.45) is 34.6. The summed E-state index contributed by atoms with van der Waals surface area (Å²) in [7, 11) is 0. The molecule has 0 aromatic carbocycles. The van der Waals surface area contributed by atoms with E-state index in [4.69, 9.17) is 0 Å². The van der Waals surface area contributed by atoms with Crippen LogP contribution >= 0.6 is 0 Å². The monoisotopic (exact) mass is 440 g/mol. The molecule has 0 heterocycles. The zero-order valence-electron chi connectivity index (χ0n) is 21.8. The maximum atomic E-state index is 2.57. The summed E-state index contributed by atoms with van der Waals surface area (Å²) >= 11 is 0. The van der Waals surface area contributed by atoms with E-state index in [9.17, 15) is 0 Å². The maximum Gasteiger partial charge on any atom is -0.0352 e. The van der Waals surface area contributed by atoms with Crippen molar-refractivity contribution in [3.8, 4) is 0 Å². The Morgan fingerprint density at radius 2 is 0.844 bits per heavy atom. The minimum Gasteiger partial charge on any atom is -0.0651 e. The Hall–Kier alpha value is 0. The van der Waals surface area contributed by atoms with Crippen molar-refractivity contribution in [3.63, 3.8) is 0 Å². The van der Waals surface area contributed by atoms with Crippen LogP contribution in [0.15, 0.2) is 0 Å². The van der Waals surface area contributed by atoms with Crippen LogP contribution in [0, 0.1) is 53.3 Å². The molecule has 5 saturated carbocycles. The second kappa shape index (κ2) is 11.6. The zero-order valence-corrected chi connectivity index (χ0v) is 21.8. The summed E-state index contributed by atoms with van der Waals surface area (Å²) in [5.41, 5.74) is 0. The highest BCUT2D eigenvalue weighted by Crippen LogP contribution is 2.55. The highest BCUT2D eigenvalue weighted by molar-refractivity contribution is 4.96. The molecule has 6 atom stereocenters. The molecule has 0 aliphatic heterocycles. The lowest BCUT2D eigenvalue weighted by molar-refractivity contribution is 0.137. The molecule has 32 heavy (non-hydrogen) atoms. The van der Waals surface area contributed by atoms with Gasteiger partial charge in [0.1, 0.15) is 0 Å². The zero-order chi connectivity index (χ0) is 21.8. The Kier molecular flexibility index (Phi) is 8.62. The van der Waals surface area contributed by atoms with Gasteiger partial charge in [-0.15, -0.1) is 0 Å². The lowest BCUT2D eigenvalue weighted by atomic mass is 9.68. The first-order valence-corrected chi connectivity index (χ1v) is 15.8. The fraction of sp³-hybridized carbons (Fsp3) is 1.00. The van der Waals surface area contributed by atoms with Gasteiger partial charge in [-0.1, -0.05) is 110 Å². The Bertz CT molecular complexity index is 532. The molecule has 5 aliphatic carbocycles. The first-order chi connectivity index (χ1) is 15.8. The molecule has 6 unspecified atom stereocenters. The highest BCUT2D eigenvalue weighted by Gasteiger charge is 2.46. The van der Waals surface area contributed by atoms with Crippen molar-refractivity contribution in [2.45, 2.75) is 148 Å². The third-order valence-corrected chi connectivity index (χ3v) is 12.0. The molecule has 0 heteroatoms. The summed E-state index contributed by atoms with van der Waals surface area (Å²) in [4.78, 5) is 0. The Morgan fingerprint density at radius 1 is 0.375 bits per heavy atom. The molecular formula is C32H56. The van der Waals surface area contributed by atoms with E-state index in [-0.39, 0.29) is 0 Å². The van der Waals surface area contributed by atoms with Gasteiger partial charge in [0.15, 0.2) is 0 Å². The van der Waals surface area contributed by atoms with Gasteiger partial charge in [0.2, 0.25) is 0 Å². The minimum atomic E-state index is 1.08. The molecule has 5 fully saturated rings. The summed E-state index contributed by atoms with van der Waals surface area (Å²) in [5, 5.41) is 0. The molecule has 5 aliphatic rings. The van der Waals surface area contributed by atoms with Crippen LogP contribution in [0.2, 0.25) is 0 Å². The van der Waals surface area contributed by atoms with E-state index in [1.54, 1.807) is 116 Å². The fourth-order valence-corrected chi connectivity index (χ4v) is 10.4. The summed E-state index contributed by atoms with van der Waals surface area (Å²) in [6, 6.07) is 0. The van der Waals surface area contributed by atoms with Crippen molar-refractivity contribution in [2.24, 2.45) is 53.3 Å². The predicted molar refractivity (Wildman–Crippen MR) is 139 cm³/mol. The largest absolute Gasteiger partial charge is 0.0651 e. The third kappa shape index (κ3) is 5.46. The topological polar surface area (TPSA) is 0 Å². The summed E-state index contributed by atoms with van der Waals surface area (Å²) in [5.74, 6) is 9.88. The van der Waals surface area contributed by atoms with Gasteiger partial charge in [-0.05, 0) is 91.8 Å². The van der Waals surface area contributed by atoms with Crippen molar-refractivity contribution < 1.29 is 0 Å². The predicted octanol–water partition coefficient (Wildman–Crippen LogP) is 10.2. The Balaban J connectivity index is 1.33. The molecule has 0 spiro atoms. The summed E-state index contributed by atoms with van der Waals surface area (Å²) in [6.45, 7) is 2.57. The van der Waals surface area contributed by atoms with Gasteiger partial charge in [-0.2, -0.15) is 0 Å². The number of rotatable bonds is 4. The normalized spacial score (nSPS) is 41.5. The van der Waals surface area contributed by atoms with E-state index >= 15 is 0 Å². The average molecular weight is 441 g/mol. The molecule has 0 radical (unpaired) electrons. The molecule has 184 valence electrons. The molecule has 0 aromatic rings. The lowest BCUT2D eigenvalue weighted by Crippen LogP contribution is -2.26. The number of hydrogen-bond donors (Lipinski definition) is 0. The maximum absolute atomic E-state index is 2.57. The van der Waals surface area contributed by atoms with Gasteiger partial charge in [0.05, 0.1) is 0 Å². The minimum absolute atomic E-state index is 1.08. The van der Waals surface area contributed by atoms with Crippen LogP contribution in [0.5, 0.6) is 0 Å². The molecule has 0 saturated heterocycles. The van der Waals surface area contributed by atoms with E-state index in [1.807, 2.05) is 0 Å². The van der Waals surface area contributed by atoms with Crippen molar-refractivity contribution in [3.05, 3.63) is 0 Å². The van der Waals surface area contributed by atoms with Crippen LogP contribution in [0.25, 0.3) is 0 Å². The van der Waals surface area contributed by atoms with Crippen LogP contribution in [-0.2, 0) is 0 Å². The average Bonchev–Trinajstić information content (AvgIpc) is 3.25. The summed E-state index contributed by atoms with van der Waals surface area (Å²) < 4.78 is 0. The van der Waals surface area contributed by atoms with Gasteiger partial charge < -0.3 is 0 Å². The van der Waals surface area contributed by atoms with Crippen LogP contribution < -0.4 is 0 Å². The van der Waals surface area contributed by atoms with Crippen LogP contribution in [0.4, 0.5) is 0 Å². The fourth-order valence-electron chi connectivity index (χ4n) is 10.4. The first-order valence-electron chi connectivity index (χ1n) is 15.8. The molecule has 0 N–H and O–H groups in total. The Morgan fingerprint density at radius 3 is 1.38 bits per heavy atom. The molecule has 0 amide bonds. The SMILES string of the molecule is CCC1C2CCC(C3CCCCC3)CC(C3CCCCC3)CCC2CC1C1CCCCC1. The van der Waals surface area contributed by atoms with Gasteiger partial charge in [-0.3, -0.25) is 0 Å². The van der Waals surface area contributed by atoms with E-state index in [1.165, 1.54) is 25.7 Å². The van der Waals surface area contributed by atoms with Crippen molar-refractivity contribution in [1.29, 1.82) is 0 Å². The van der Waals surface area contributed by atoms with Gasteiger partial charge in [0.25, 0.3) is 0 Å². The number of hydrogen-bond acceptors (Lipinski definition) is 0. The van der Waals surface area contributed by atoms with E-state index in [0.717, 1.165) is 53.3 Å². The van der Waals surface area contributed by atoms with Gasteiger partial charge >= 0.3 is 0 Å². The van der Waals surface area contributed by atoms with Crippen molar-refractivity contribution >= 4 is 0 Å². The molecule has 0 bridgehead atoms. The van der Waals surface area contributed by atoms with E-state index < -0.39 is 0 Å². The van der Waals surface area contributed by atoms with E-state index in [0.29, 0.717) is 0 Å². The molecule has 5 rings (SSSR count). The smallest absolute Gasteiger partial charge is 0.0352 e.